The summed E-state index contributed by atoms with van der Waals surface area (Å²) in [7, 11) is 0. The van der Waals surface area contributed by atoms with E-state index in [9.17, 15) is 14.9 Å². The molecule has 0 spiro atoms. The molecular formula is C19H16N2O4S2. The number of carbonyl (C=O) groups is 1. The topological polar surface area (TPSA) is 81.5 Å². The highest BCUT2D eigenvalue weighted by molar-refractivity contribution is 7.98. The first-order valence-corrected chi connectivity index (χ1v) is 9.94. The lowest BCUT2D eigenvalue weighted by Gasteiger charge is -2.11. The summed E-state index contributed by atoms with van der Waals surface area (Å²) in [5.41, 5.74) is 1.95. The number of thioether (sulfide) groups is 1. The molecule has 138 valence electrons. The lowest BCUT2D eigenvalue weighted by atomic mass is 10.3. The second kappa shape index (κ2) is 9.20. The number of thiophene rings is 1. The SMILES string of the molecule is O=C(COc1ccc([N+](=O)[O-])cc1)Nc1ccccc1SCc1ccsc1. The molecule has 0 unspecified atom stereocenters. The van der Waals surface area contributed by atoms with Crippen molar-refractivity contribution in [3.05, 3.63) is 81.0 Å². The summed E-state index contributed by atoms with van der Waals surface area (Å²) in [6.07, 6.45) is 0. The van der Waals surface area contributed by atoms with Gasteiger partial charge in [-0.15, -0.1) is 11.8 Å². The zero-order chi connectivity index (χ0) is 19.1. The van der Waals surface area contributed by atoms with Gasteiger partial charge in [-0.3, -0.25) is 14.9 Å². The molecule has 0 aliphatic rings. The highest BCUT2D eigenvalue weighted by atomic mass is 32.2. The molecule has 8 heteroatoms. The molecule has 0 aliphatic carbocycles. The summed E-state index contributed by atoms with van der Waals surface area (Å²) in [4.78, 5) is 23.3. The van der Waals surface area contributed by atoms with Gasteiger partial charge in [0, 0.05) is 22.8 Å². The Bertz CT molecular complexity index is 912. The van der Waals surface area contributed by atoms with Gasteiger partial charge in [0.2, 0.25) is 0 Å². The van der Waals surface area contributed by atoms with Crippen LogP contribution in [0.2, 0.25) is 0 Å². The molecule has 0 fully saturated rings. The highest BCUT2D eigenvalue weighted by Gasteiger charge is 2.09. The number of non-ortho nitro benzene ring substituents is 1. The standard InChI is InChI=1S/C19H16N2O4S2/c22-19(11-25-16-7-5-15(6-8-16)21(23)24)20-17-3-1-2-4-18(17)27-13-14-9-10-26-12-14/h1-10,12H,11,13H2,(H,20,22). The van der Waals surface area contributed by atoms with E-state index in [1.165, 1.54) is 29.8 Å². The number of nitrogens with one attached hydrogen (secondary N) is 1. The number of benzene rings is 2. The van der Waals surface area contributed by atoms with Gasteiger partial charge in [-0.2, -0.15) is 11.3 Å². The molecule has 1 N–H and O–H groups in total. The van der Waals surface area contributed by atoms with E-state index in [2.05, 4.69) is 16.8 Å². The third-order valence-corrected chi connectivity index (χ3v) is 5.43. The van der Waals surface area contributed by atoms with Crippen LogP contribution in [0.5, 0.6) is 5.75 Å². The largest absolute Gasteiger partial charge is 0.484 e. The van der Waals surface area contributed by atoms with Gasteiger partial charge < -0.3 is 10.1 Å². The van der Waals surface area contributed by atoms with Gasteiger partial charge in [0.05, 0.1) is 10.6 Å². The van der Waals surface area contributed by atoms with Crippen LogP contribution in [0.4, 0.5) is 11.4 Å². The Balaban J connectivity index is 1.55. The molecule has 0 saturated heterocycles. The number of anilines is 1. The third-order valence-electron chi connectivity index (χ3n) is 3.55. The average Bonchev–Trinajstić information content (AvgIpc) is 3.19. The number of amides is 1. The Hall–Kier alpha value is -2.84. The molecule has 0 aliphatic heterocycles. The summed E-state index contributed by atoms with van der Waals surface area (Å²) >= 11 is 3.31. The molecule has 1 amide bonds. The highest BCUT2D eigenvalue weighted by Crippen LogP contribution is 2.30. The van der Waals surface area contributed by atoms with Crippen molar-refractivity contribution in [2.45, 2.75) is 10.6 Å². The molecule has 6 nitrogen and oxygen atoms in total. The van der Waals surface area contributed by atoms with Crippen molar-refractivity contribution in [2.24, 2.45) is 0 Å². The number of hydrogen-bond donors (Lipinski definition) is 1. The predicted molar refractivity (Wildman–Crippen MR) is 108 cm³/mol. The van der Waals surface area contributed by atoms with Gasteiger partial charge in [0.15, 0.2) is 6.61 Å². The van der Waals surface area contributed by atoms with Gasteiger partial charge >= 0.3 is 0 Å². The van der Waals surface area contributed by atoms with Gasteiger partial charge in [-0.05, 0) is 46.7 Å². The Morgan fingerprint density at radius 3 is 2.63 bits per heavy atom. The van der Waals surface area contributed by atoms with Crippen LogP contribution in [-0.2, 0) is 10.5 Å². The van der Waals surface area contributed by atoms with E-state index < -0.39 is 4.92 Å². The van der Waals surface area contributed by atoms with E-state index in [-0.39, 0.29) is 18.2 Å². The maximum absolute atomic E-state index is 12.2. The lowest BCUT2D eigenvalue weighted by Crippen LogP contribution is -2.20. The average molecular weight is 400 g/mol. The summed E-state index contributed by atoms with van der Waals surface area (Å²) in [6.45, 7) is -0.179. The zero-order valence-electron chi connectivity index (χ0n) is 14.2. The molecule has 3 rings (SSSR count). The van der Waals surface area contributed by atoms with Gasteiger partial charge in [-0.1, -0.05) is 12.1 Å². The van der Waals surface area contributed by atoms with E-state index >= 15 is 0 Å². The Morgan fingerprint density at radius 2 is 1.93 bits per heavy atom. The first-order chi connectivity index (χ1) is 13.1. The number of ether oxygens (including phenoxy) is 1. The lowest BCUT2D eigenvalue weighted by molar-refractivity contribution is -0.384. The van der Waals surface area contributed by atoms with E-state index in [0.717, 1.165) is 16.3 Å². The van der Waals surface area contributed by atoms with Crippen molar-refractivity contribution in [3.63, 3.8) is 0 Å². The molecular weight excluding hydrogens is 384 g/mol. The smallest absolute Gasteiger partial charge is 0.269 e. The number of nitrogens with zero attached hydrogens (tertiary/aromatic N) is 1. The van der Waals surface area contributed by atoms with Crippen molar-refractivity contribution >= 4 is 40.4 Å². The summed E-state index contributed by atoms with van der Waals surface area (Å²) < 4.78 is 5.39. The first-order valence-electron chi connectivity index (χ1n) is 8.02. The number of rotatable bonds is 8. The van der Waals surface area contributed by atoms with Crippen molar-refractivity contribution in [2.75, 3.05) is 11.9 Å². The Labute approximate surface area is 164 Å². The number of nitro groups is 1. The van der Waals surface area contributed by atoms with E-state index in [4.69, 9.17) is 4.74 Å². The predicted octanol–water partition coefficient (Wildman–Crippen LogP) is 4.97. The molecule has 27 heavy (non-hydrogen) atoms. The summed E-state index contributed by atoms with van der Waals surface area (Å²) in [5.74, 6) is 0.933. The molecule has 0 atom stereocenters. The van der Waals surface area contributed by atoms with Crippen LogP contribution in [0.3, 0.4) is 0 Å². The van der Waals surface area contributed by atoms with E-state index in [0.29, 0.717) is 5.75 Å². The minimum atomic E-state index is -0.485. The number of carbonyl (C=O) groups excluding carboxylic acids is 1. The quantitative estimate of drug-likeness (QED) is 0.328. The fourth-order valence-corrected chi connectivity index (χ4v) is 3.96. The zero-order valence-corrected chi connectivity index (χ0v) is 15.8. The van der Waals surface area contributed by atoms with E-state index in [1.807, 2.05) is 29.6 Å². The number of para-hydroxylation sites is 1. The summed E-state index contributed by atoms with van der Waals surface area (Å²) in [6, 6.07) is 15.3. The molecule has 1 aromatic heterocycles. The molecule has 0 radical (unpaired) electrons. The Morgan fingerprint density at radius 1 is 1.15 bits per heavy atom. The fraction of sp³-hybridized carbons (Fsp3) is 0.105. The molecule has 2 aromatic carbocycles. The van der Waals surface area contributed by atoms with Crippen LogP contribution in [0.15, 0.2) is 70.3 Å². The van der Waals surface area contributed by atoms with Crippen LogP contribution in [0.25, 0.3) is 0 Å². The van der Waals surface area contributed by atoms with Gasteiger partial charge in [0.1, 0.15) is 5.75 Å². The second-order valence-corrected chi connectivity index (χ2v) is 7.30. The van der Waals surface area contributed by atoms with Crippen molar-refractivity contribution < 1.29 is 14.5 Å². The van der Waals surface area contributed by atoms with Crippen LogP contribution >= 0.6 is 23.1 Å². The maximum atomic E-state index is 12.2. The number of nitro benzene ring substituents is 1. The van der Waals surface area contributed by atoms with Crippen molar-refractivity contribution in [1.82, 2.24) is 0 Å². The normalized spacial score (nSPS) is 10.4. The van der Waals surface area contributed by atoms with Crippen molar-refractivity contribution in [1.29, 1.82) is 0 Å². The molecule has 0 bridgehead atoms. The maximum Gasteiger partial charge on any atom is 0.269 e. The van der Waals surface area contributed by atoms with Crippen LogP contribution in [0, 0.1) is 10.1 Å². The van der Waals surface area contributed by atoms with Gasteiger partial charge in [-0.25, -0.2) is 0 Å². The minimum absolute atomic E-state index is 0.0247. The van der Waals surface area contributed by atoms with Crippen LogP contribution in [0.1, 0.15) is 5.56 Å². The van der Waals surface area contributed by atoms with E-state index in [1.54, 1.807) is 23.1 Å². The summed E-state index contributed by atoms with van der Waals surface area (Å²) in [5, 5.41) is 17.6. The minimum Gasteiger partial charge on any atom is -0.484 e. The third kappa shape index (κ3) is 5.57. The van der Waals surface area contributed by atoms with Crippen LogP contribution in [-0.4, -0.2) is 17.4 Å². The molecule has 1 heterocycles. The molecule has 0 saturated carbocycles. The Kier molecular flexibility index (Phi) is 6.45. The second-order valence-electron chi connectivity index (χ2n) is 5.50. The monoisotopic (exact) mass is 400 g/mol. The van der Waals surface area contributed by atoms with Crippen LogP contribution < -0.4 is 10.1 Å². The van der Waals surface area contributed by atoms with Crippen molar-refractivity contribution in [3.8, 4) is 5.75 Å². The van der Waals surface area contributed by atoms with Gasteiger partial charge in [0.25, 0.3) is 11.6 Å². The number of hydrogen-bond acceptors (Lipinski definition) is 6. The first kappa shape index (κ1) is 18.9. The molecule has 3 aromatic rings. The fourth-order valence-electron chi connectivity index (χ4n) is 2.23.